The fourth-order valence-electron chi connectivity index (χ4n) is 2.90. The number of carbonyl (C=O) groups excluding carboxylic acids is 1. The molecule has 0 aliphatic carbocycles. The number of benzene rings is 3. The number of H-pyrrole nitrogens is 1. The number of para-hydroxylation sites is 3. The number of imidazole rings is 1. The highest BCUT2D eigenvalue weighted by molar-refractivity contribution is 8.00. The van der Waals surface area contributed by atoms with Gasteiger partial charge in [0.15, 0.2) is 5.16 Å². The van der Waals surface area contributed by atoms with Gasteiger partial charge in [0.25, 0.3) is 0 Å². The van der Waals surface area contributed by atoms with Crippen molar-refractivity contribution < 1.29 is 4.79 Å². The number of amides is 1. The first kappa shape index (κ1) is 17.4. The predicted molar refractivity (Wildman–Crippen MR) is 112 cm³/mol. The Kier molecular flexibility index (Phi) is 4.94. The number of aromatic nitrogens is 2. The third-order valence-corrected chi connectivity index (χ3v) is 5.28. The standard InChI is InChI=1S/C22H19N3OS/c1-15(27-22-24-19-13-7-8-14-20(19)25-22)21(26)23-18-12-6-5-11-17(18)16-9-3-2-4-10-16/h2-15H,1H3,(H,23,26)(H,24,25). The van der Waals surface area contributed by atoms with Gasteiger partial charge in [-0.2, -0.15) is 0 Å². The molecule has 0 radical (unpaired) electrons. The van der Waals surface area contributed by atoms with Crippen LogP contribution in [0.15, 0.2) is 84.0 Å². The zero-order valence-electron chi connectivity index (χ0n) is 14.8. The summed E-state index contributed by atoms with van der Waals surface area (Å²) in [7, 11) is 0. The minimum absolute atomic E-state index is 0.0520. The second-order valence-electron chi connectivity index (χ2n) is 6.22. The molecule has 1 unspecified atom stereocenters. The quantitative estimate of drug-likeness (QED) is 0.464. The van der Waals surface area contributed by atoms with Gasteiger partial charge in [-0.15, -0.1) is 0 Å². The van der Waals surface area contributed by atoms with Gasteiger partial charge >= 0.3 is 0 Å². The first-order valence-corrected chi connectivity index (χ1v) is 9.65. The lowest BCUT2D eigenvalue weighted by molar-refractivity contribution is -0.115. The Hall–Kier alpha value is -3.05. The first-order valence-electron chi connectivity index (χ1n) is 8.77. The molecule has 0 saturated carbocycles. The maximum absolute atomic E-state index is 12.7. The number of nitrogens with one attached hydrogen (secondary N) is 2. The molecule has 5 heteroatoms. The number of hydrogen-bond acceptors (Lipinski definition) is 3. The number of thioether (sulfide) groups is 1. The molecular weight excluding hydrogens is 354 g/mol. The van der Waals surface area contributed by atoms with Gasteiger partial charge < -0.3 is 10.3 Å². The molecule has 27 heavy (non-hydrogen) atoms. The molecule has 0 aliphatic rings. The van der Waals surface area contributed by atoms with Crippen LogP contribution in [-0.4, -0.2) is 21.1 Å². The number of rotatable bonds is 5. The Bertz CT molecular complexity index is 1040. The molecule has 3 aromatic carbocycles. The zero-order chi connectivity index (χ0) is 18.6. The Balaban J connectivity index is 1.50. The molecule has 0 saturated heterocycles. The lowest BCUT2D eigenvalue weighted by Gasteiger charge is -2.14. The summed E-state index contributed by atoms with van der Waals surface area (Å²) >= 11 is 1.42. The van der Waals surface area contributed by atoms with E-state index in [1.54, 1.807) is 0 Å². The summed E-state index contributed by atoms with van der Waals surface area (Å²) in [6, 6.07) is 25.8. The molecular formula is C22H19N3OS. The van der Waals surface area contributed by atoms with E-state index in [1.807, 2.05) is 85.8 Å². The molecule has 1 atom stereocenters. The van der Waals surface area contributed by atoms with Crippen molar-refractivity contribution in [1.82, 2.24) is 9.97 Å². The molecule has 0 bridgehead atoms. The fourth-order valence-corrected chi connectivity index (χ4v) is 3.72. The minimum Gasteiger partial charge on any atom is -0.333 e. The Morgan fingerprint density at radius 1 is 0.963 bits per heavy atom. The van der Waals surface area contributed by atoms with Crippen LogP contribution < -0.4 is 5.32 Å². The van der Waals surface area contributed by atoms with E-state index in [2.05, 4.69) is 15.3 Å². The fraction of sp³-hybridized carbons (Fsp3) is 0.0909. The van der Waals surface area contributed by atoms with Crippen molar-refractivity contribution in [3.05, 3.63) is 78.9 Å². The van der Waals surface area contributed by atoms with Crippen LogP contribution in [0, 0.1) is 0 Å². The topological polar surface area (TPSA) is 57.8 Å². The molecule has 4 nitrogen and oxygen atoms in total. The lowest BCUT2D eigenvalue weighted by Crippen LogP contribution is -2.22. The van der Waals surface area contributed by atoms with E-state index in [4.69, 9.17) is 0 Å². The number of carbonyl (C=O) groups is 1. The van der Waals surface area contributed by atoms with E-state index in [0.717, 1.165) is 33.0 Å². The summed E-state index contributed by atoms with van der Waals surface area (Å²) in [5.74, 6) is -0.0520. The van der Waals surface area contributed by atoms with Crippen LogP contribution >= 0.6 is 11.8 Å². The zero-order valence-corrected chi connectivity index (χ0v) is 15.7. The highest BCUT2D eigenvalue weighted by Crippen LogP contribution is 2.29. The Morgan fingerprint density at radius 2 is 1.67 bits per heavy atom. The maximum atomic E-state index is 12.7. The number of fused-ring (bicyclic) bond motifs is 1. The normalized spacial score (nSPS) is 12.0. The van der Waals surface area contributed by atoms with E-state index < -0.39 is 0 Å². The second-order valence-corrected chi connectivity index (χ2v) is 7.55. The summed E-state index contributed by atoms with van der Waals surface area (Å²) in [6.07, 6.45) is 0. The van der Waals surface area contributed by atoms with Crippen LogP contribution in [0.3, 0.4) is 0 Å². The van der Waals surface area contributed by atoms with Gasteiger partial charge in [0.2, 0.25) is 5.91 Å². The summed E-state index contributed by atoms with van der Waals surface area (Å²) in [5.41, 5.74) is 4.77. The van der Waals surface area contributed by atoms with E-state index >= 15 is 0 Å². The van der Waals surface area contributed by atoms with Crippen molar-refractivity contribution in [1.29, 1.82) is 0 Å². The number of hydrogen-bond donors (Lipinski definition) is 2. The van der Waals surface area contributed by atoms with Gasteiger partial charge in [-0.05, 0) is 30.7 Å². The van der Waals surface area contributed by atoms with Crippen molar-refractivity contribution in [2.24, 2.45) is 0 Å². The van der Waals surface area contributed by atoms with Crippen molar-refractivity contribution in [3.8, 4) is 11.1 Å². The molecule has 0 fully saturated rings. The van der Waals surface area contributed by atoms with Crippen LogP contribution in [0.25, 0.3) is 22.2 Å². The van der Waals surface area contributed by atoms with Crippen molar-refractivity contribution in [2.45, 2.75) is 17.3 Å². The highest BCUT2D eigenvalue weighted by atomic mass is 32.2. The molecule has 0 spiro atoms. The van der Waals surface area contributed by atoms with Crippen molar-refractivity contribution >= 4 is 34.4 Å². The molecule has 4 aromatic rings. The summed E-state index contributed by atoms with van der Waals surface area (Å²) in [5, 5.41) is 3.52. The second kappa shape index (κ2) is 7.68. The van der Waals surface area contributed by atoms with Crippen LogP contribution in [-0.2, 0) is 4.79 Å². The first-order chi connectivity index (χ1) is 13.2. The van der Waals surface area contributed by atoms with Gasteiger partial charge in [0.05, 0.1) is 16.3 Å². The minimum atomic E-state index is -0.283. The van der Waals surface area contributed by atoms with Crippen LogP contribution in [0.1, 0.15) is 6.92 Å². The molecule has 1 amide bonds. The smallest absolute Gasteiger partial charge is 0.237 e. The van der Waals surface area contributed by atoms with E-state index in [1.165, 1.54) is 11.8 Å². The monoisotopic (exact) mass is 373 g/mol. The molecule has 134 valence electrons. The lowest BCUT2D eigenvalue weighted by atomic mass is 10.0. The van der Waals surface area contributed by atoms with Gasteiger partial charge in [0, 0.05) is 11.3 Å². The van der Waals surface area contributed by atoms with Crippen LogP contribution in [0.5, 0.6) is 0 Å². The van der Waals surface area contributed by atoms with Gasteiger partial charge in [-0.1, -0.05) is 72.4 Å². The van der Waals surface area contributed by atoms with Gasteiger partial charge in [-0.3, -0.25) is 4.79 Å². The van der Waals surface area contributed by atoms with Crippen LogP contribution in [0.4, 0.5) is 5.69 Å². The molecule has 4 rings (SSSR count). The van der Waals surface area contributed by atoms with Crippen molar-refractivity contribution in [2.75, 3.05) is 5.32 Å². The van der Waals surface area contributed by atoms with Gasteiger partial charge in [-0.25, -0.2) is 4.98 Å². The molecule has 0 aliphatic heterocycles. The molecule has 2 N–H and O–H groups in total. The Morgan fingerprint density at radius 3 is 2.48 bits per heavy atom. The molecule has 1 aromatic heterocycles. The Labute approximate surface area is 162 Å². The average Bonchev–Trinajstić information content (AvgIpc) is 3.11. The third-order valence-electron chi connectivity index (χ3n) is 4.30. The number of nitrogens with zero attached hydrogens (tertiary/aromatic N) is 1. The van der Waals surface area contributed by atoms with Crippen molar-refractivity contribution in [3.63, 3.8) is 0 Å². The largest absolute Gasteiger partial charge is 0.333 e. The summed E-state index contributed by atoms with van der Waals surface area (Å²) in [4.78, 5) is 20.5. The predicted octanol–water partition coefficient (Wildman–Crippen LogP) is 5.35. The number of aromatic amines is 1. The average molecular weight is 373 g/mol. The molecule has 1 heterocycles. The van der Waals surface area contributed by atoms with E-state index in [-0.39, 0.29) is 11.2 Å². The highest BCUT2D eigenvalue weighted by Gasteiger charge is 2.18. The summed E-state index contributed by atoms with van der Waals surface area (Å²) in [6.45, 7) is 1.89. The maximum Gasteiger partial charge on any atom is 0.237 e. The summed E-state index contributed by atoms with van der Waals surface area (Å²) < 4.78 is 0. The number of anilines is 1. The van der Waals surface area contributed by atoms with E-state index in [0.29, 0.717) is 0 Å². The third kappa shape index (κ3) is 3.88. The SMILES string of the molecule is CC(Sc1nc2ccccc2[nH]1)C(=O)Nc1ccccc1-c1ccccc1. The van der Waals surface area contributed by atoms with Crippen LogP contribution in [0.2, 0.25) is 0 Å². The van der Waals surface area contributed by atoms with E-state index in [9.17, 15) is 4.79 Å². The van der Waals surface area contributed by atoms with Gasteiger partial charge in [0.1, 0.15) is 0 Å².